The van der Waals surface area contributed by atoms with Crippen LogP contribution in [0.5, 0.6) is 0 Å². The summed E-state index contributed by atoms with van der Waals surface area (Å²) in [5.41, 5.74) is 1.76. The summed E-state index contributed by atoms with van der Waals surface area (Å²) in [6.07, 6.45) is -0.762. The highest BCUT2D eigenvalue weighted by Gasteiger charge is 2.30. The zero-order valence-corrected chi connectivity index (χ0v) is 10.3. The molecule has 1 aromatic rings. The Morgan fingerprint density at radius 2 is 2.35 bits per heavy atom. The van der Waals surface area contributed by atoms with Gasteiger partial charge < -0.3 is 14.7 Å². The number of rotatable bonds is 2. The number of halogens is 1. The maximum absolute atomic E-state index is 12.0. The maximum Gasteiger partial charge on any atom is 0.258 e. The van der Waals surface area contributed by atoms with Crippen LogP contribution < -0.4 is 4.90 Å². The number of amides is 1. The third kappa shape index (κ3) is 2.44. The van der Waals surface area contributed by atoms with Gasteiger partial charge in [-0.2, -0.15) is 0 Å². The van der Waals surface area contributed by atoms with Crippen LogP contribution >= 0.6 is 11.6 Å². The first kappa shape index (κ1) is 12.4. The molecule has 1 fully saturated rings. The van der Waals surface area contributed by atoms with Crippen molar-refractivity contribution in [2.24, 2.45) is 0 Å². The highest BCUT2D eigenvalue weighted by Crippen LogP contribution is 2.26. The zero-order valence-electron chi connectivity index (χ0n) is 9.52. The van der Waals surface area contributed by atoms with E-state index in [0.717, 1.165) is 11.3 Å². The van der Waals surface area contributed by atoms with Gasteiger partial charge in [-0.25, -0.2) is 0 Å². The number of hydrogen-bond donors (Lipinski definition) is 1. The number of aryl methyl sites for hydroxylation is 1. The summed E-state index contributed by atoms with van der Waals surface area (Å²) < 4.78 is 5.19. The number of carbonyl (C=O) groups excluding carboxylic acids is 1. The number of ether oxygens (including phenoxy) is 1. The second-order valence-electron chi connectivity index (χ2n) is 3.96. The number of aliphatic hydroxyl groups is 1. The molecule has 1 N–H and O–H groups in total. The van der Waals surface area contributed by atoms with E-state index in [0.29, 0.717) is 18.2 Å². The lowest BCUT2D eigenvalue weighted by Gasteiger charge is -2.32. The van der Waals surface area contributed by atoms with Gasteiger partial charge in [0.15, 0.2) is 6.10 Å². The van der Waals surface area contributed by atoms with Crippen molar-refractivity contribution >= 4 is 23.2 Å². The average molecular weight is 256 g/mol. The lowest BCUT2D eigenvalue weighted by molar-refractivity contribution is -0.136. The monoisotopic (exact) mass is 255 g/mol. The molecule has 92 valence electrons. The molecule has 5 heteroatoms. The average Bonchev–Trinajstić information content (AvgIpc) is 2.33. The first-order valence-electron chi connectivity index (χ1n) is 5.43. The molecule has 0 saturated carbocycles. The van der Waals surface area contributed by atoms with E-state index >= 15 is 0 Å². The molecule has 1 aliphatic rings. The summed E-state index contributed by atoms with van der Waals surface area (Å²) in [5, 5.41) is 9.64. The number of anilines is 1. The molecule has 1 unspecified atom stereocenters. The van der Waals surface area contributed by atoms with E-state index in [1.165, 1.54) is 0 Å². The van der Waals surface area contributed by atoms with Gasteiger partial charge in [0.25, 0.3) is 5.91 Å². The number of hydrogen-bond acceptors (Lipinski definition) is 3. The molecule has 1 heterocycles. The first-order chi connectivity index (χ1) is 8.13. The van der Waals surface area contributed by atoms with E-state index in [4.69, 9.17) is 21.4 Å². The second kappa shape index (κ2) is 5.04. The van der Waals surface area contributed by atoms with Crippen molar-refractivity contribution in [1.82, 2.24) is 0 Å². The minimum atomic E-state index is -0.762. The third-order valence-electron chi connectivity index (χ3n) is 2.80. The van der Waals surface area contributed by atoms with Gasteiger partial charge in [-0.1, -0.05) is 17.7 Å². The fourth-order valence-corrected chi connectivity index (χ4v) is 2.05. The van der Waals surface area contributed by atoms with Crippen molar-refractivity contribution < 1.29 is 14.6 Å². The van der Waals surface area contributed by atoms with Gasteiger partial charge in [-0.15, -0.1) is 0 Å². The van der Waals surface area contributed by atoms with Crippen molar-refractivity contribution in [2.75, 3.05) is 24.7 Å². The molecule has 0 aliphatic carbocycles. The van der Waals surface area contributed by atoms with E-state index in [2.05, 4.69) is 0 Å². The Kier molecular flexibility index (Phi) is 3.66. The number of nitrogens with zero attached hydrogens (tertiary/aromatic N) is 1. The van der Waals surface area contributed by atoms with Crippen LogP contribution in [0.3, 0.4) is 0 Å². The fraction of sp³-hybridized carbons (Fsp3) is 0.417. The Morgan fingerprint density at radius 3 is 3.06 bits per heavy atom. The Bertz CT molecular complexity index is 436. The van der Waals surface area contributed by atoms with E-state index in [1.54, 1.807) is 17.0 Å². The van der Waals surface area contributed by atoms with Crippen LogP contribution in [0.2, 0.25) is 5.02 Å². The molecule has 0 bridgehead atoms. The molecule has 1 saturated heterocycles. The quantitative estimate of drug-likeness (QED) is 0.869. The number of carbonyl (C=O) groups is 1. The second-order valence-corrected chi connectivity index (χ2v) is 4.40. The van der Waals surface area contributed by atoms with Crippen molar-refractivity contribution in [2.45, 2.75) is 13.0 Å². The summed E-state index contributed by atoms with van der Waals surface area (Å²) >= 11 is 5.94. The van der Waals surface area contributed by atoms with Gasteiger partial charge in [-0.05, 0) is 24.6 Å². The summed E-state index contributed by atoms with van der Waals surface area (Å²) in [6, 6.07) is 5.41. The Hall–Kier alpha value is -1.10. The summed E-state index contributed by atoms with van der Waals surface area (Å²) in [4.78, 5) is 13.6. The predicted molar refractivity (Wildman–Crippen MR) is 65.4 cm³/mol. The lowest BCUT2D eigenvalue weighted by atomic mass is 10.1. The largest absolute Gasteiger partial charge is 0.393 e. The smallest absolute Gasteiger partial charge is 0.258 e. The van der Waals surface area contributed by atoms with E-state index in [-0.39, 0.29) is 12.5 Å². The summed E-state index contributed by atoms with van der Waals surface area (Å²) in [7, 11) is 0. The van der Waals surface area contributed by atoms with Crippen molar-refractivity contribution in [3.05, 3.63) is 28.8 Å². The predicted octanol–water partition coefficient (Wildman–Crippen LogP) is 1.37. The molecule has 0 radical (unpaired) electrons. The van der Waals surface area contributed by atoms with Gasteiger partial charge in [0.05, 0.1) is 13.2 Å². The van der Waals surface area contributed by atoms with Crippen LogP contribution in [0.4, 0.5) is 5.69 Å². The molecule has 4 nitrogen and oxygen atoms in total. The first-order valence-corrected chi connectivity index (χ1v) is 5.81. The highest BCUT2D eigenvalue weighted by molar-refractivity contribution is 6.31. The summed E-state index contributed by atoms with van der Waals surface area (Å²) in [5.74, 6) is -0.218. The molecular weight excluding hydrogens is 242 g/mol. The molecular formula is C12H14ClNO3. The van der Waals surface area contributed by atoms with Crippen LogP contribution in [0, 0.1) is 6.92 Å². The molecule has 17 heavy (non-hydrogen) atoms. The topological polar surface area (TPSA) is 49.8 Å². The van der Waals surface area contributed by atoms with Gasteiger partial charge in [0.2, 0.25) is 0 Å². The number of benzene rings is 1. The summed E-state index contributed by atoms with van der Waals surface area (Å²) in [6.45, 7) is 2.52. The molecule has 1 aromatic carbocycles. The van der Waals surface area contributed by atoms with E-state index < -0.39 is 6.10 Å². The molecule has 0 spiro atoms. The molecule has 0 aromatic heterocycles. The normalized spacial score (nSPS) is 20.8. The minimum Gasteiger partial charge on any atom is -0.393 e. The molecule has 1 atom stereocenters. The Labute approximate surface area is 105 Å². The minimum absolute atomic E-state index is 0.218. The molecule has 2 rings (SSSR count). The molecule has 1 aliphatic heterocycles. The standard InChI is InChI=1S/C12H14ClNO3/c1-8-2-3-9(13)6-10(8)14-4-5-17-11(7-15)12(14)16/h2-3,6,11,15H,4-5,7H2,1H3. The van der Waals surface area contributed by atoms with E-state index in [1.807, 2.05) is 13.0 Å². The highest BCUT2D eigenvalue weighted by atomic mass is 35.5. The maximum atomic E-state index is 12.0. The number of aliphatic hydroxyl groups excluding tert-OH is 1. The Balaban J connectivity index is 2.32. The Morgan fingerprint density at radius 1 is 1.59 bits per heavy atom. The lowest BCUT2D eigenvalue weighted by Crippen LogP contribution is -2.49. The van der Waals surface area contributed by atoms with E-state index in [9.17, 15) is 4.79 Å². The van der Waals surface area contributed by atoms with Crippen LogP contribution in [0.15, 0.2) is 18.2 Å². The number of morpholine rings is 1. The van der Waals surface area contributed by atoms with Crippen molar-refractivity contribution in [3.8, 4) is 0 Å². The van der Waals surface area contributed by atoms with Gasteiger partial charge >= 0.3 is 0 Å². The fourth-order valence-electron chi connectivity index (χ4n) is 1.88. The van der Waals surface area contributed by atoms with Crippen molar-refractivity contribution in [3.63, 3.8) is 0 Å². The van der Waals surface area contributed by atoms with Gasteiger partial charge in [0.1, 0.15) is 0 Å². The van der Waals surface area contributed by atoms with Crippen molar-refractivity contribution in [1.29, 1.82) is 0 Å². The van der Waals surface area contributed by atoms with Gasteiger partial charge in [-0.3, -0.25) is 4.79 Å². The molecule has 1 amide bonds. The van der Waals surface area contributed by atoms with Crippen LogP contribution in [-0.2, 0) is 9.53 Å². The third-order valence-corrected chi connectivity index (χ3v) is 3.04. The zero-order chi connectivity index (χ0) is 12.4. The van der Waals surface area contributed by atoms with Gasteiger partial charge in [0, 0.05) is 17.3 Å². The van der Waals surface area contributed by atoms with Crippen LogP contribution in [-0.4, -0.2) is 36.9 Å². The van der Waals surface area contributed by atoms with Crippen LogP contribution in [0.25, 0.3) is 0 Å². The van der Waals surface area contributed by atoms with Crippen LogP contribution in [0.1, 0.15) is 5.56 Å². The SMILES string of the molecule is Cc1ccc(Cl)cc1N1CCOC(CO)C1=O.